The van der Waals surface area contributed by atoms with E-state index in [1.54, 1.807) is 0 Å². The molecule has 0 heterocycles. The van der Waals surface area contributed by atoms with Gasteiger partial charge in [0, 0.05) is 5.41 Å². The third-order valence-corrected chi connectivity index (χ3v) is 5.03. The van der Waals surface area contributed by atoms with Gasteiger partial charge < -0.3 is 9.47 Å². The first kappa shape index (κ1) is 22.4. The van der Waals surface area contributed by atoms with Crippen LogP contribution in [-0.4, -0.2) is 42.9 Å². The van der Waals surface area contributed by atoms with Crippen LogP contribution in [0.15, 0.2) is 23.9 Å². The maximum atomic E-state index is 13.4. The molecule has 0 saturated carbocycles. The zero-order valence-electron chi connectivity index (χ0n) is 16.7. The van der Waals surface area contributed by atoms with Gasteiger partial charge in [-0.1, -0.05) is 52.7 Å². The molecule has 0 aromatic heterocycles. The van der Waals surface area contributed by atoms with Crippen LogP contribution in [0.1, 0.15) is 59.8 Å². The second-order valence-electron chi connectivity index (χ2n) is 7.77. The molecule has 1 aliphatic carbocycles. The van der Waals surface area contributed by atoms with E-state index in [1.807, 2.05) is 26.2 Å². The lowest BCUT2D eigenvalue weighted by molar-refractivity contribution is -0.785. The van der Waals surface area contributed by atoms with E-state index in [-0.39, 0.29) is 15.8 Å². The molecule has 0 N–H and O–H groups in total. The van der Waals surface area contributed by atoms with Crippen molar-refractivity contribution in [1.29, 1.82) is 0 Å². The minimum Gasteiger partial charge on any atom is -0.326 e. The molecule has 5 heteroatoms. The van der Waals surface area contributed by atoms with Gasteiger partial charge in [-0.15, -0.1) is 0 Å². The van der Waals surface area contributed by atoms with E-state index in [0.29, 0.717) is 13.2 Å². The van der Waals surface area contributed by atoms with Gasteiger partial charge in [0.15, 0.2) is 0 Å². The van der Waals surface area contributed by atoms with E-state index in [4.69, 9.17) is 21.1 Å². The van der Waals surface area contributed by atoms with Gasteiger partial charge in [0.05, 0.1) is 27.3 Å². The molecule has 0 bridgehead atoms. The van der Waals surface area contributed by atoms with E-state index < -0.39 is 5.25 Å². The fraction of sp³-hybridized carbons (Fsp3) is 0.750. The fourth-order valence-corrected chi connectivity index (χ4v) is 3.46. The highest BCUT2D eigenvalue weighted by Crippen LogP contribution is 2.40. The molecule has 25 heavy (non-hydrogen) atoms. The number of alkyl halides is 1. The maximum Gasteiger partial charge on any atom is 0.395 e. The van der Waals surface area contributed by atoms with Gasteiger partial charge >= 0.3 is 11.2 Å². The Morgan fingerprint density at radius 1 is 1.20 bits per heavy atom. The van der Waals surface area contributed by atoms with Crippen LogP contribution in [0.2, 0.25) is 0 Å². The predicted molar refractivity (Wildman–Crippen MR) is 103 cm³/mol. The Kier molecular flexibility index (Phi) is 8.33. The SMILES string of the molecule is CCCCOC(Cl)(OCCCC)C(=O)[N+](C)(C)C1=CC=CCC1(C)C. The largest absolute Gasteiger partial charge is 0.395 e. The van der Waals surface area contributed by atoms with Crippen LogP contribution in [-0.2, 0) is 14.3 Å². The summed E-state index contributed by atoms with van der Waals surface area (Å²) in [5.74, 6) is -0.281. The third-order valence-electron chi connectivity index (χ3n) is 4.65. The molecular weight excluding hydrogens is 338 g/mol. The van der Waals surface area contributed by atoms with Gasteiger partial charge in [-0.2, -0.15) is 0 Å². The minimum absolute atomic E-state index is 0.0130. The molecule has 0 spiro atoms. The standard InChI is InChI=1S/C20H35ClNO3/c1-7-9-15-24-20(21,25-16-10-8-2)18(23)22(5,6)17-13-11-12-14-19(17,3)4/h11-13H,7-10,14-16H2,1-6H3/q+1. The Morgan fingerprint density at radius 3 is 2.16 bits per heavy atom. The van der Waals surface area contributed by atoms with Crippen molar-refractivity contribution in [1.82, 2.24) is 0 Å². The summed E-state index contributed by atoms with van der Waals surface area (Å²) in [6.07, 6.45) is 10.6. The number of unbranched alkanes of at least 4 members (excludes halogenated alkanes) is 2. The van der Waals surface area contributed by atoms with Gasteiger partial charge in [0.25, 0.3) is 0 Å². The summed E-state index contributed by atoms with van der Waals surface area (Å²) in [6.45, 7) is 9.23. The lowest BCUT2D eigenvalue weighted by Gasteiger charge is -2.41. The number of carbonyl (C=O) groups is 1. The molecule has 1 aliphatic rings. The molecule has 1 amide bonds. The smallest absolute Gasteiger partial charge is 0.326 e. The van der Waals surface area contributed by atoms with Crippen molar-refractivity contribution in [3.05, 3.63) is 23.9 Å². The van der Waals surface area contributed by atoms with Crippen LogP contribution < -0.4 is 0 Å². The summed E-state index contributed by atoms with van der Waals surface area (Å²) >= 11 is 6.60. The van der Waals surface area contributed by atoms with E-state index in [9.17, 15) is 4.79 Å². The normalized spacial score (nSPS) is 17.5. The van der Waals surface area contributed by atoms with Crippen LogP contribution in [0, 0.1) is 5.41 Å². The summed E-state index contributed by atoms with van der Waals surface area (Å²) in [5, 5.41) is -1.74. The van der Waals surface area contributed by atoms with Crippen LogP contribution >= 0.6 is 11.6 Å². The number of halogens is 1. The maximum absolute atomic E-state index is 13.4. The molecular formula is C20H35ClNO3+. The van der Waals surface area contributed by atoms with E-state index in [2.05, 4.69) is 33.8 Å². The topological polar surface area (TPSA) is 35.5 Å². The Morgan fingerprint density at radius 2 is 1.72 bits per heavy atom. The number of quaternary nitrogens is 1. The molecule has 0 atom stereocenters. The minimum atomic E-state index is -1.74. The Balaban J connectivity index is 3.08. The molecule has 1 rings (SSSR count). The predicted octanol–water partition coefficient (Wildman–Crippen LogP) is 4.99. The summed E-state index contributed by atoms with van der Waals surface area (Å²) in [7, 11) is 3.72. The number of rotatable bonds is 10. The first-order valence-electron chi connectivity index (χ1n) is 9.35. The van der Waals surface area contributed by atoms with Crippen molar-refractivity contribution in [2.24, 2.45) is 5.41 Å². The molecule has 0 aromatic carbocycles. The van der Waals surface area contributed by atoms with Crippen molar-refractivity contribution >= 4 is 17.5 Å². The molecule has 4 nitrogen and oxygen atoms in total. The zero-order chi connectivity index (χ0) is 19.1. The number of likely N-dealkylation sites (N-methyl/N-ethyl adjacent to an activating group) is 1. The van der Waals surface area contributed by atoms with Gasteiger partial charge in [-0.25, -0.2) is 9.28 Å². The van der Waals surface area contributed by atoms with Gasteiger partial charge in [-0.05, 0) is 36.9 Å². The number of hydrogen-bond donors (Lipinski definition) is 0. The summed E-state index contributed by atoms with van der Waals surface area (Å²) in [6, 6.07) is 0. The molecule has 144 valence electrons. The quantitative estimate of drug-likeness (QED) is 0.234. The number of ether oxygens (including phenoxy) is 2. The second kappa shape index (κ2) is 9.31. The van der Waals surface area contributed by atoms with Crippen LogP contribution in [0.5, 0.6) is 0 Å². The average molecular weight is 373 g/mol. The van der Waals surface area contributed by atoms with E-state index in [1.165, 1.54) is 0 Å². The van der Waals surface area contributed by atoms with Gasteiger partial charge in [-0.3, -0.25) is 0 Å². The first-order valence-corrected chi connectivity index (χ1v) is 9.73. The Bertz CT molecular complexity index is 499. The monoisotopic (exact) mass is 372 g/mol. The first-order chi connectivity index (χ1) is 11.6. The summed E-state index contributed by atoms with van der Waals surface area (Å²) in [5.41, 5.74) is 0.877. The van der Waals surface area contributed by atoms with Crippen molar-refractivity contribution in [2.75, 3.05) is 27.3 Å². The number of hydrogen-bond acceptors (Lipinski definition) is 3. The Hall–Kier alpha value is -0.680. The lowest BCUT2D eigenvalue weighted by atomic mass is 9.81. The van der Waals surface area contributed by atoms with Crippen LogP contribution in [0.4, 0.5) is 0 Å². The second-order valence-corrected chi connectivity index (χ2v) is 8.26. The molecule has 0 saturated heterocycles. The van der Waals surface area contributed by atoms with E-state index >= 15 is 0 Å². The Labute approximate surface area is 158 Å². The van der Waals surface area contributed by atoms with Gasteiger partial charge in [0.2, 0.25) is 0 Å². The highest BCUT2D eigenvalue weighted by molar-refractivity contribution is 6.31. The lowest BCUT2D eigenvalue weighted by Crippen LogP contribution is -2.58. The summed E-state index contributed by atoms with van der Waals surface area (Å²) in [4.78, 5) is 13.4. The molecule has 0 fully saturated rings. The number of nitrogens with zero attached hydrogens (tertiary/aromatic N) is 1. The fourth-order valence-electron chi connectivity index (χ4n) is 3.10. The highest BCUT2D eigenvalue weighted by atomic mass is 35.5. The van der Waals surface area contributed by atoms with Gasteiger partial charge in [0.1, 0.15) is 5.70 Å². The number of allylic oxidation sites excluding steroid dienone is 4. The molecule has 0 radical (unpaired) electrons. The average Bonchev–Trinajstić information content (AvgIpc) is 2.54. The van der Waals surface area contributed by atoms with Crippen molar-refractivity contribution in [3.8, 4) is 0 Å². The number of amides is 1. The van der Waals surface area contributed by atoms with Crippen molar-refractivity contribution in [3.63, 3.8) is 0 Å². The van der Waals surface area contributed by atoms with Crippen LogP contribution in [0.3, 0.4) is 0 Å². The zero-order valence-corrected chi connectivity index (χ0v) is 17.5. The summed E-state index contributed by atoms with van der Waals surface area (Å²) < 4.78 is 11.5. The van der Waals surface area contributed by atoms with E-state index in [0.717, 1.165) is 37.8 Å². The molecule has 0 aromatic rings. The third kappa shape index (κ3) is 5.65. The molecule has 0 unspecified atom stereocenters. The number of carbonyl (C=O) groups excluding carboxylic acids is 1. The van der Waals surface area contributed by atoms with Crippen molar-refractivity contribution in [2.45, 2.75) is 65.0 Å². The van der Waals surface area contributed by atoms with Crippen LogP contribution in [0.25, 0.3) is 0 Å². The van der Waals surface area contributed by atoms with Crippen molar-refractivity contribution < 1.29 is 18.8 Å². The molecule has 0 aliphatic heterocycles. The highest BCUT2D eigenvalue weighted by Gasteiger charge is 2.53.